The standard InChI is InChI=1S/C15H25N3O4S/c1-11(9-17-14(19)22-15(2,3)4)18-13-7-5-12(6-8-13)10-23(16,20)21/h5-8,11,18H,9-10H2,1-4H3,(H,17,19)(H2,16,20,21). The molecule has 0 saturated carbocycles. The van der Waals surface area contributed by atoms with Crippen molar-refractivity contribution in [2.45, 2.75) is 45.1 Å². The second-order valence-electron chi connectivity index (χ2n) is 6.43. The summed E-state index contributed by atoms with van der Waals surface area (Å²) in [7, 11) is -3.53. The van der Waals surface area contributed by atoms with Gasteiger partial charge in [-0.05, 0) is 45.4 Å². The number of nitrogens with one attached hydrogen (secondary N) is 2. The molecule has 4 N–H and O–H groups in total. The molecule has 0 radical (unpaired) electrons. The number of hydrogen-bond donors (Lipinski definition) is 3. The zero-order chi connectivity index (χ0) is 17.7. The summed E-state index contributed by atoms with van der Waals surface area (Å²) < 4.78 is 27.2. The highest BCUT2D eigenvalue weighted by molar-refractivity contribution is 7.88. The number of rotatable bonds is 6. The molecule has 1 aromatic rings. The van der Waals surface area contributed by atoms with E-state index in [9.17, 15) is 13.2 Å². The molecule has 1 atom stereocenters. The lowest BCUT2D eigenvalue weighted by Gasteiger charge is -2.21. The maximum atomic E-state index is 11.6. The Morgan fingerprint density at radius 1 is 1.26 bits per heavy atom. The van der Waals surface area contributed by atoms with Crippen LogP contribution in [0, 0.1) is 0 Å². The number of ether oxygens (including phenoxy) is 1. The van der Waals surface area contributed by atoms with Crippen LogP contribution < -0.4 is 15.8 Å². The fourth-order valence-corrected chi connectivity index (χ4v) is 2.47. The predicted octanol–water partition coefficient (Wildman–Crippen LogP) is 1.80. The first-order chi connectivity index (χ1) is 10.4. The van der Waals surface area contributed by atoms with E-state index in [1.807, 2.05) is 6.92 Å². The predicted molar refractivity (Wildman–Crippen MR) is 90.6 cm³/mol. The molecule has 0 heterocycles. The molecule has 1 aromatic carbocycles. The van der Waals surface area contributed by atoms with Gasteiger partial charge in [-0.2, -0.15) is 0 Å². The second kappa shape index (κ2) is 7.65. The molecule has 1 unspecified atom stereocenters. The van der Waals surface area contributed by atoms with Gasteiger partial charge in [0.1, 0.15) is 5.60 Å². The third-order valence-electron chi connectivity index (χ3n) is 2.69. The summed E-state index contributed by atoms with van der Waals surface area (Å²) in [4.78, 5) is 11.6. The first kappa shape index (κ1) is 19.2. The number of carbonyl (C=O) groups is 1. The summed E-state index contributed by atoms with van der Waals surface area (Å²) in [5.41, 5.74) is 0.916. The minimum Gasteiger partial charge on any atom is -0.444 e. The second-order valence-corrected chi connectivity index (χ2v) is 8.05. The maximum absolute atomic E-state index is 11.6. The van der Waals surface area contributed by atoms with Gasteiger partial charge >= 0.3 is 6.09 Å². The first-order valence-corrected chi connectivity index (χ1v) is 8.99. The van der Waals surface area contributed by atoms with E-state index in [1.54, 1.807) is 45.0 Å². The molecule has 0 fully saturated rings. The van der Waals surface area contributed by atoms with Gasteiger partial charge in [-0.25, -0.2) is 18.4 Å². The molecule has 0 aromatic heterocycles. The lowest BCUT2D eigenvalue weighted by atomic mass is 10.2. The summed E-state index contributed by atoms with van der Waals surface area (Å²) in [5, 5.41) is 10.9. The van der Waals surface area contributed by atoms with Crippen LogP contribution in [-0.4, -0.2) is 32.7 Å². The number of carbonyl (C=O) groups excluding carboxylic acids is 1. The van der Waals surface area contributed by atoms with E-state index in [1.165, 1.54) is 0 Å². The van der Waals surface area contributed by atoms with E-state index in [4.69, 9.17) is 9.88 Å². The number of amides is 1. The van der Waals surface area contributed by atoms with Gasteiger partial charge in [0.15, 0.2) is 0 Å². The lowest BCUT2D eigenvalue weighted by molar-refractivity contribution is 0.0526. The third kappa shape index (κ3) is 9.04. The Morgan fingerprint density at radius 3 is 2.30 bits per heavy atom. The zero-order valence-electron chi connectivity index (χ0n) is 13.9. The molecule has 0 bridgehead atoms. The summed E-state index contributed by atoms with van der Waals surface area (Å²) in [6, 6.07) is 6.91. The van der Waals surface area contributed by atoms with Crippen molar-refractivity contribution < 1.29 is 17.9 Å². The summed E-state index contributed by atoms with van der Waals surface area (Å²) in [5.74, 6) is -0.191. The Kier molecular flexibility index (Phi) is 6.40. The van der Waals surface area contributed by atoms with Crippen LogP contribution in [0.2, 0.25) is 0 Å². The lowest BCUT2D eigenvalue weighted by Crippen LogP contribution is -2.38. The molecule has 0 aliphatic carbocycles. The highest BCUT2D eigenvalue weighted by Gasteiger charge is 2.16. The van der Waals surface area contributed by atoms with Gasteiger partial charge in [-0.15, -0.1) is 0 Å². The van der Waals surface area contributed by atoms with Crippen molar-refractivity contribution in [1.82, 2.24) is 5.32 Å². The Hall–Kier alpha value is -1.80. The molecule has 23 heavy (non-hydrogen) atoms. The molecule has 0 saturated heterocycles. The zero-order valence-corrected chi connectivity index (χ0v) is 14.7. The normalized spacial score (nSPS) is 13.3. The van der Waals surface area contributed by atoms with Crippen LogP contribution >= 0.6 is 0 Å². The number of alkyl carbamates (subject to hydrolysis) is 1. The first-order valence-electron chi connectivity index (χ1n) is 7.27. The summed E-state index contributed by atoms with van der Waals surface area (Å²) in [6.07, 6.45) is -0.463. The molecular formula is C15H25N3O4S. The Morgan fingerprint density at radius 2 is 1.83 bits per heavy atom. The molecule has 8 heteroatoms. The summed E-state index contributed by atoms with van der Waals surface area (Å²) in [6.45, 7) is 7.72. The number of primary sulfonamides is 1. The van der Waals surface area contributed by atoms with E-state index in [0.717, 1.165) is 5.69 Å². The fourth-order valence-electron chi connectivity index (χ4n) is 1.82. The highest BCUT2D eigenvalue weighted by atomic mass is 32.2. The van der Waals surface area contributed by atoms with Crippen LogP contribution in [0.15, 0.2) is 24.3 Å². The van der Waals surface area contributed by atoms with Gasteiger partial charge in [-0.3, -0.25) is 0 Å². The van der Waals surface area contributed by atoms with Crippen LogP contribution in [0.4, 0.5) is 10.5 Å². The topological polar surface area (TPSA) is 111 Å². The van der Waals surface area contributed by atoms with Gasteiger partial charge in [-0.1, -0.05) is 12.1 Å². The van der Waals surface area contributed by atoms with Crippen molar-refractivity contribution >= 4 is 21.8 Å². The van der Waals surface area contributed by atoms with Crippen LogP contribution in [0.25, 0.3) is 0 Å². The number of sulfonamides is 1. The van der Waals surface area contributed by atoms with Crippen molar-refractivity contribution in [2.75, 3.05) is 11.9 Å². The SMILES string of the molecule is CC(CNC(=O)OC(C)(C)C)Nc1ccc(CS(N)(=O)=O)cc1. The highest BCUT2D eigenvalue weighted by Crippen LogP contribution is 2.12. The van der Waals surface area contributed by atoms with E-state index < -0.39 is 21.7 Å². The van der Waals surface area contributed by atoms with E-state index in [-0.39, 0.29) is 11.8 Å². The largest absolute Gasteiger partial charge is 0.444 e. The number of hydrogen-bond acceptors (Lipinski definition) is 5. The average Bonchev–Trinajstić information content (AvgIpc) is 2.35. The molecule has 7 nitrogen and oxygen atoms in total. The van der Waals surface area contributed by atoms with Gasteiger partial charge in [0.25, 0.3) is 0 Å². The van der Waals surface area contributed by atoms with Gasteiger partial charge in [0.2, 0.25) is 10.0 Å². The molecule has 1 rings (SSSR count). The van der Waals surface area contributed by atoms with Crippen molar-refractivity contribution in [3.05, 3.63) is 29.8 Å². The van der Waals surface area contributed by atoms with E-state index in [0.29, 0.717) is 12.1 Å². The molecule has 0 spiro atoms. The van der Waals surface area contributed by atoms with Crippen molar-refractivity contribution in [2.24, 2.45) is 5.14 Å². The quantitative estimate of drug-likeness (QED) is 0.729. The van der Waals surface area contributed by atoms with E-state index >= 15 is 0 Å². The van der Waals surface area contributed by atoms with Crippen molar-refractivity contribution in [3.63, 3.8) is 0 Å². The molecular weight excluding hydrogens is 318 g/mol. The number of nitrogens with two attached hydrogens (primary N) is 1. The minimum atomic E-state index is -3.53. The van der Waals surface area contributed by atoms with Crippen molar-refractivity contribution in [1.29, 1.82) is 0 Å². The van der Waals surface area contributed by atoms with Crippen LogP contribution in [0.1, 0.15) is 33.3 Å². The van der Waals surface area contributed by atoms with Crippen LogP contribution in [0.3, 0.4) is 0 Å². The average molecular weight is 343 g/mol. The monoisotopic (exact) mass is 343 g/mol. The van der Waals surface area contributed by atoms with Gasteiger partial charge in [0.05, 0.1) is 5.75 Å². The number of benzene rings is 1. The minimum absolute atomic E-state index is 0.0217. The summed E-state index contributed by atoms with van der Waals surface area (Å²) >= 11 is 0. The third-order valence-corrected chi connectivity index (χ3v) is 3.42. The Labute approximate surface area is 137 Å². The molecule has 130 valence electrons. The Bertz CT molecular complexity index is 621. The van der Waals surface area contributed by atoms with E-state index in [2.05, 4.69) is 10.6 Å². The molecule has 1 amide bonds. The Balaban J connectivity index is 2.45. The van der Waals surface area contributed by atoms with Crippen LogP contribution in [0.5, 0.6) is 0 Å². The molecule has 0 aliphatic rings. The number of anilines is 1. The fraction of sp³-hybridized carbons (Fsp3) is 0.533. The molecule has 0 aliphatic heterocycles. The van der Waals surface area contributed by atoms with Gasteiger partial charge < -0.3 is 15.4 Å². The smallest absolute Gasteiger partial charge is 0.407 e. The van der Waals surface area contributed by atoms with Gasteiger partial charge in [0, 0.05) is 18.3 Å². The maximum Gasteiger partial charge on any atom is 0.407 e. The van der Waals surface area contributed by atoms with Crippen LogP contribution in [-0.2, 0) is 20.5 Å². The van der Waals surface area contributed by atoms with Crippen molar-refractivity contribution in [3.8, 4) is 0 Å².